The zero-order valence-electron chi connectivity index (χ0n) is 12.0. The molecule has 0 aliphatic rings. The SMILES string of the molecule is CNc1nnc(-c2ccc(C(F)(F)F)cc2O)c2ccccc12. The molecule has 0 unspecified atom stereocenters. The molecule has 0 bridgehead atoms. The molecule has 3 rings (SSSR count). The maximum atomic E-state index is 12.7. The number of halogens is 3. The van der Waals surface area contributed by atoms with Crippen LogP contribution in [0.4, 0.5) is 19.0 Å². The first-order valence-corrected chi connectivity index (χ1v) is 6.75. The van der Waals surface area contributed by atoms with Crippen LogP contribution in [0, 0.1) is 0 Å². The fourth-order valence-corrected chi connectivity index (χ4v) is 2.40. The van der Waals surface area contributed by atoms with Gasteiger partial charge >= 0.3 is 6.18 Å². The number of anilines is 1. The van der Waals surface area contributed by atoms with Gasteiger partial charge in [0.05, 0.1) is 5.56 Å². The summed E-state index contributed by atoms with van der Waals surface area (Å²) in [5.41, 5.74) is -0.391. The van der Waals surface area contributed by atoms with E-state index >= 15 is 0 Å². The van der Waals surface area contributed by atoms with Crippen molar-refractivity contribution in [2.75, 3.05) is 12.4 Å². The van der Waals surface area contributed by atoms with Crippen molar-refractivity contribution in [2.45, 2.75) is 6.18 Å². The lowest BCUT2D eigenvalue weighted by atomic mass is 10.0. The summed E-state index contributed by atoms with van der Waals surface area (Å²) in [5.74, 6) is 0.0623. The highest BCUT2D eigenvalue weighted by Gasteiger charge is 2.31. The maximum Gasteiger partial charge on any atom is 0.416 e. The van der Waals surface area contributed by atoms with Crippen LogP contribution < -0.4 is 5.32 Å². The van der Waals surface area contributed by atoms with Crippen LogP contribution in [0.1, 0.15) is 5.56 Å². The predicted octanol–water partition coefficient (Wildman–Crippen LogP) is 4.06. The van der Waals surface area contributed by atoms with E-state index in [4.69, 9.17) is 0 Å². The van der Waals surface area contributed by atoms with Crippen molar-refractivity contribution in [1.29, 1.82) is 0 Å². The first kappa shape index (κ1) is 15.1. The largest absolute Gasteiger partial charge is 0.507 e. The van der Waals surface area contributed by atoms with Crippen molar-refractivity contribution >= 4 is 16.6 Å². The Morgan fingerprint density at radius 1 is 1.00 bits per heavy atom. The van der Waals surface area contributed by atoms with Crippen LogP contribution in [0.25, 0.3) is 22.0 Å². The fourth-order valence-electron chi connectivity index (χ4n) is 2.40. The van der Waals surface area contributed by atoms with Crippen molar-refractivity contribution < 1.29 is 18.3 Å². The Labute approximate surface area is 129 Å². The van der Waals surface area contributed by atoms with Crippen molar-refractivity contribution in [3.8, 4) is 17.0 Å². The lowest BCUT2D eigenvalue weighted by Gasteiger charge is -2.12. The summed E-state index contributed by atoms with van der Waals surface area (Å²) in [6, 6.07) is 10.0. The topological polar surface area (TPSA) is 58.0 Å². The highest BCUT2D eigenvalue weighted by Crippen LogP contribution is 2.38. The van der Waals surface area contributed by atoms with Crippen molar-refractivity contribution in [1.82, 2.24) is 10.2 Å². The summed E-state index contributed by atoms with van der Waals surface area (Å²) >= 11 is 0. The van der Waals surface area contributed by atoms with Gasteiger partial charge in [0.25, 0.3) is 0 Å². The smallest absolute Gasteiger partial charge is 0.416 e. The minimum atomic E-state index is -4.51. The molecule has 2 N–H and O–H groups in total. The molecule has 0 atom stereocenters. The van der Waals surface area contributed by atoms with Crippen LogP contribution in [0.3, 0.4) is 0 Å². The molecule has 118 valence electrons. The zero-order chi connectivity index (χ0) is 16.6. The molecule has 3 aromatic rings. The third-order valence-corrected chi connectivity index (χ3v) is 3.50. The molecule has 0 saturated carbocycles. The third kappa shape index (κ3) is 2.65. The van der Waals surface area contributed by atoms with Gasteiger partial charge in [0.15, 0.2) is 5.82 Å². The van der Waals surface area contributed by atoms with E-state index in [1.54, 1.807) is 19.2 Å². The normalized spacial score (nSPS) is 11.7. The van der Waals surface area contributed by atoms with Crippen molar-refractivity contribution in [3.63, 3.8) is 0 Å². The van der Waals surface area contributed by atoms with E-state index in [1.165, 1.54) is 6.07 Å². The van der Waals surface area contributed by atoms with E-state index in [1.807, 2.05) is 12.1 Å². The number of hydrogen-bond donors (Lipinski definition) is 2. The molecule has 1 aromatic heterocycles. The van der Waals surface area contributed by atoms with Gasteiger partial charge in [-0.15, -0.1) is 10.2 Å². The predicted molar refractivity (Wildman–Crippen MR) is 81.2 cm³/mol. The first-order chi connectivity index (χ1) is 10.9. The number of aromatic nitrogens is 2. The van der Waals surface area contributed by atoms with E-state index in [-0.39, 0.29) is 5.56 Å². The second kappa shape index (κ2) is 5.42. The Morgan fingerprint density at radius 2 is 1.70 bits per heavy atom. The van der Waals surface area contributed by atoms with E-state index in [0.717, 1.165) is 11.5 Å². The summed E-state index contributed by atoms with van der Waals surface area (Å²) in [7, 11) is 1.70. The maximum absolute atomic E-state index is 12.7. The lowest BCUT2D eigenvalue weighted by molar-refractivity contribution is -0.137. The average Bonchev–Trinajstić information content (AvgIpc) is 2.53. The second-order valence-corrected chi connectivity index (χ2v) is 4.92. The lowest BCUT2D eigenvalue weighted by Crippen LogP contribution is -2.04. The molecule has 1 heterocycles. The number of phenolic OH excluding ortho intramolecular Hbond substituents is 1. The summed E-state index contributed by atoms with van der Waals surface area (Å²) < 4.78 is 38.1. The number of rotatable bonds is 2. The molecule has 0 spiro atoms. The molecule has 0 amide bonds. The standard InChI is InChI=1S/C16H12F3N3O/c1-20-15-11-5-3-2-4-10(11)14(21-22-15)12-7-6-9(8-13(12)23)16(17,18)19/h2-8,23H,1H3,(H,20,22). The van der Waals surface area contributed by atoms with Crippen molar-refractivity contribution in [2.24, 2.45) is 0 Å². The Kier molecular flexibility index (Phi) is 3.55. The molecule has 23 heavy (non-hydrogen) atoms. The highest BCUT2D eigenvalue weighted by molar-refractivity contribution is 6.00. The number of aromatic hydroxyl groups is 1. The molecular formula is C16H12F3N3O. The summed E-state index contributed by atoms with van der Waals surface area (Å²) in [6.07, 6.45) is -4.51. The average molecular weight is 319 g/mol. The number of alkyl halides is 3. The van der Waals surface area contributed by atoms with E-state index < -0.39 is 17.5 Å². The molecule has 4 nitrogen and oxygen atoms in total. The molecule has 2 aromatic carbocycles. The summed E-state index contributed by atoms with van der Waals surface area (Å²) in [4.78, 5) is 0. The molecular weight excluding hydrogens is 307 g/mol. The van der Waals surface area contributed by atoms with Crippen LogP contribution in [0.5, 0.6) is 5.75 Å². The Bertz CT molecular complexity index is 878. The van der Waals surface area contributed by atoms with E-state index in [2.05, 4.69) is 15.5 Å². The van der Waals surface area contributed by atoms with Gasteiger partial charge in [-0.1, -0.05) is 24.3 Å². The van der Waals surface area contributed by atoms with Gasteiger partial charge in [0.1, 0.15) is 11.4 Å². The molecule has 0 aliphatic carbocycles. The van der Waals surface area contributed by atoms with Gasteiger partial charge in [0, 0.05) is 23.4 Å². The van der Waals surface area contributed by atoms with Crippen molar-refractivity contribution in [3.05, 3.63) is 48.0 Å². The highest BCUT2D eigenvalue weighted by atomic mass is 19.4. The van der Waals surface area contributed by atoms with Crippen LogP contribution in [0.2, 0.25) is 0 Å². The quantitative estimate of drug-likeness (QED) is 0.748. The van der Waals surface area contributed by atoms with Crippen LogP contribution in [0.15, 0.2) is 42.5 Å². The van der Waals surface area contributed by atoms with Crippen LogP contribution in [-0.4, -0.2) is 22.4 Å². The van der Waals surface area contributed by atoms with Gasteiger partial charge in [-0.2, -0.15) is 13.2 Å². The number of hydrogen-bond acceptors (Lipinski definition) is 4. The minimum Gasteiger partial charge on any atom is -0.507 e. The monoisotopic (exact) mass is 319 g/mol. The van der Waals surface area contributed by atoms with Crippen LogP contribution >= 0.6 is 0 Å². The number of phenols is 1. The van der Waals surface area contributed by atoms with Gasteiger partial charge < -0.3 is 10.4 Å². The summed E-state index contributed by atoms with van der Waals surface area (Å²) in [6.45, 7) is 0. The number of benzene rings is 2. The second-order valence-electron chi connectivity index (χ2n) is 4.92. The Morgan fingerprint density at radius 3 is 2.30 bits per heavy atom. The Balaban J connectivity index is 2.22. The number of fused-ring (bicyclic) bond motifs is 1. The third-order valence-electron chi connectivity index (χ3n) is 3.50. The van der Waals surface area contributed by atoms with Gasteiger partial charge in [0.2, 0.25) is 0 Å². The molecule has 0 fully saturated rings. The van der Waals surface area contributed by atoms with E-state index in [9.17, 15) is 18.3 Å². The van der Waals surface area contributed by atoms with Gasteiger partial charge in [-0.25, -0.2) is 0 Å². The molecule has 0 saturated heterocycles. The van der Waals surface area contributed by atoms with Gasteiger partial charge in [-0.05, 0) is 18.2 Å². The minimum absolute atomic E-state index is 0.198. The molecule has 7 heteroatoms. The number of nitrogens with one attached hydrogen (secondary N) is 1. The van der Waals surface area contributed by atoms with Crippen LogP contribution in [-0.2, 0) is 6.18 Å². The van der Waals surface area contributed by atoms with E-state index in [0.29, 0.717) is 23.0 Å². The first-order valence-electron chi connectivity index (χ1n) is 6.75. The number of nitrogens with zero attached hydrogens (tertiary/aromatic N) is 2. The Hall–Kier alpha value is -2.83. The zero-order valence-corrected chi connectivity index (χ0v) is 12.0. The molecule has 0 radical (unpaired) electrons. The molecule has 0 aliphatic heterocycles. The van der Waals surface area contributed by atoms with Gasteiger partial charge in [-0.3, -0.25) is 0 Å². The summed E-state index contributed by atoms with van der Waals surface area (Å²) in [5, 5.41) is 22.4. The fraction of sp³-hybridized carbons (Fsp3) is 0.125.